The van der Waals surface area contributed by atoms with Gasteiger partial charge >= 0.3 is 0 Å². The maximum atomic E-state index is 12.6. The monoisotopic (exact) mass is 371 g/mol. The maximum absolute atomic E-state index is 12.6. The van der Waals surface area contributed by atoms with E-state index in [1.165, 1.54) is 16.8 Å². The molecule has 1 aliphatic rings. The Bertz CT molecular complexity index is 992. The van der Waals surface area contributed by atoms with Gasteiger partial charge in [0.2, 0.25) is 0 Å². The number of anilines is 1. The SMILES string of the molecule is Cc1cc(C)nc(-c2cccc(C(=O)NCCN3CCc4ccccc43)c2)c1. The second-order valence-corrected chi connectivity index (χ2v) is 7.37. The van der Waals surface area contributed by atoms with E-state index < -0.39 is 0 Å². The Hall–Kier alpha value is -3.14. The molecular weight excluding hydrogens is 346 g/mol. The Balaban J connectivity index is 1.40. The van der Waals surface area contributed by atoms with Gasteiger partial charge in [-0.2, -0.15) is 0 Å². The summed E-state index contributed by atoms with van der Waals surface area (Å²) in [6, 6.07) is 20.3. The summed E-state index contributed by atoms with van der Waals surface area (Å²) in [4.78, 5) is 19.6. The fourth-order valence-electron chi connectivity index (χ4n) is 3.85. The molecule has 28 heavy (non-hydrogen) atoms. The Morgan fingerprint density at radius 3 is 2.79 bits per heavy atom. The first kappa shape index (κ1) is 18.2. The molecule has 2 heterocycles. The number of pyridine rings is 1. The van der Waals surface area contributed by atoms with Gasteiger partial charge in [-0.25, -0.2) is 0 Å². The standard InChI is InChI=1S/C24H25N3O/c1-17-14-18(2)26-22(15-17)20-7-5-8-21(16-20)24(28)25-11-13-27-12-10-19-6-3-4-9-23(19)27/h3-9,14-16H,10-13H2,1-2H3,(H,25,28). The van der Waals surface area contributed by atoms with E-state index in [4.69, 9.17) is 0 Å². The van der Waals surface area contributed by atoms with Crippen LogP contribution < -0.4 is 10.2 Å². The number of nitrogens with one attached hydrogen (secondary N) is 1. The number of rotatable bonds is 5. The van der Waals surface area contributed by atoms with Gasteiger partial charge in [0.1, 0.15) is 0 Å². The predicted octanol–water partition coefficient (Wildman–Crippen LogP) is 4.16. The highest BCUT2D eigenvalue weighted by Crippen LogP contribution is 2.26. The molecular formula is C24H25N3O. The van der Waals surface area contributed by atoms with Crippen LogP contribution in [0.25, 0.3) is 11.3 Å². The van der Waals surface area contributed by atoms with E-state index in [-0.39, 0.29) is 5.91 Å². The van der Waals surface area contributed by atoms with Gasteiger partial charge in [0.25, 0.3) is 5.91 Å². The quantitative estimate of drug-likeness (QED) is 0.733. The highest BCUT2D eigenvalue weighted by atomic mass is 16.1. The number of amides is 1. The Morgan fingerprint density at radius 1 is 1.07 bits per heavy atom. The molecule has 1 aliphatic heterocycles. The van der Waals surface area contributed by atoms with Gasteiger partial charge in [-0.05, 0) is 61.7 Å². The second kappa shape index (κ2) is 7.85. The van der Waals surface area contributed by atoms with Gasteiger partial charge in [0, 0.05) is 42.1 Å². The van der Waals surface area contributed by atoms with E-state index in [0.717, 1.165) is 36.5 Å². The molecule has 0 saturated heterocycles. The van der Waals surface area contributed by atoms with Crippen molar-refractivity contribution in [2.75, 3.05) is 24.5 Å². The summed E-state index contributed by atoms with van der Waals surface area (Å²) in [6.45, 7) is 6.51. The number of carbonyl (C=O) groups is 1. The van der Waals surface area contributed by atoms with Crippen LogP contribution >= 0.6 is 0 Å². The van der Waals surface area contributed by atoms with Crippen molar-refractivity contribution in [2.24, 2.45) is 0 Å². The average Bonchev–Trinajstić information content (AvgIpc) is 3.10. The maximum Gasteiger partial charge on any atom is 0.251 e. The molecule has 4 rings (SSSR count). The number of aryl methyl sites for hydroxylation is 2. The molecule has 142 valence electrons. The minimum Gasteiger partial charge on any atom is -0.369 e. The minimum absolute atomic E-state index is 0.0429. The van der Waals surface area contributed by atoms with Crippen LogP contribution in [0.5, 0.6) is 0 Å². The highest BCUT2D eigenvalue weighted by molar-refractivity contribution is 5.95. The molecule has 0 fully saturated rings. The van der Waals surface area contributed by atoms with Gasteiger partial charge in [-0.1, -0.05) is 30.3 Å². The molecule has 0 bridgehead atoms. The van der Waals surface area contributed by atoms with Gasteiger partial charge in [-0.3, -0.25) is 9.78 Å². The molecule has 0 saturated carbocycles. The Morgan fingerprint density at radius 2 is 1.93 bits per heavy atom. The number of hydrogen-bond donors (Lipinski definition) is 1. The van der Waals surface area contributed by atoms with Gasteiger partial charge < -0.3 is 10.2 Å². The van der Waals surface area contributed by atoms with Crippen molar-refractivity contribution in [3.63, 3.8) is 0 Å². The average molecular weight is 371 g/mol. The number of para-hydroxylation sites is 1. The molecule has 4 nitrogen and oxygen atoms in total. The summed E-state index contributed by atoms with van der Waals surface area (Å²) in [5.41, 5.74) is 7.37. The number of aromatic nitrogens is 1. The molecule has 0 spiro atoms. The third kappa shape index (κ3) is 3.91. The fourth-order valence-corrected chi connectivity index (χ4v) is 3.85. The summed E-state index contributed by atoms with van der Waals surface area (Å²) in [6.07, 6.45) is 1.08. The number of nitrogens with zero attached hydrogens (tertiary/aromatic N) is 2. The topological polar surface area (TPSA) is 45.2 Å². The van der Waals surface area contributed by atoms with Crippen molar-refractivity contribution in [3.05, 3.63) is 83.0 Å². The third-order valence-corrected chi connectivity index (χ3v) is 5.17. The van der Waals surface area contributed by atoms with Crippen LogP contribution in [-0.4, -0.2) is 30.5 Å². The number of fused-ring (bicyclic) bond motifs is 1. The van der Waals surface area contributed by atoms with Crippen LogP contribution in [0.3, 0.4) is 0 Å². The first-order chi connectivity index (χ1) is 13.6. The molecule has 0 unspecified atom stereocenters. The lowest BCUT2D eigenvalue weighted by atomic mass is 10.1. The van der Waals surface area contributed by atoms with E-state index in [0.29, 0.717) is 12.1 Å². The summed E-state index contributed by atoms with van der Waals surface area (Å²) in [5.74, 6) is -0.0429. The lowest BCUT2D eigenvalue weighted by molar-refractivity contribution is 0.0954. The summed E-state index contributed by atoms with van der Waals surface area (Å²) >= 11 is 0. The zero-order valence-corrected chi connectivity index (χ0v) is 16.4. The van der Waals surface area contributed by atoms with E-state index in [1.54, 1.807) is 0 Å². The highest BCUT2D eigenvalue weighted by Gasteiger charge is 2.18. The van der Waals surface area contributed by atoms with E-state index in [9.17, 15) is 4.79 Å². The van der Waals surface area contributed by atoms with Crippen LogP contribution in [0.2, 0.25) is 0 Å². The lowest BCUT2D eigenvalue weighted by Crippen LogP contribution is -2.34. The van der Waals surface area contributed by atoms with Gasteiger partial charge in [-0.15, -0.1) is 0 Å². The van der Waals surface area contributed by atoms with Crippen molar-refractivity contribution in [2.45, 2.75) is 20.3 Å². The first-order valence-electron chi connectivity index (χ1n) is 9.77. The third-order valence-electron chi connectivity index (χ3n) is 5.17. The minimum atomic E-state index is -0.0429. The van der Waals surface area contributed by atoms with Crippen LogP contribution in [-0.2, 0) is 6.42 Å². The first-order valence-corrected chi connectivity index (χ1v) is 9.77. The van der Waals surface area contributed by atoms with Gasteiger partial charge in [0.05, 0.1) is 5.69 Å². The van der Waals surface area contributed by atoms with Crippen molar-refractivity contribution < 1.29 is 4.79 Å². The smallest absolute Gasteiger partial charge is 0.251 e. The zero-order valence-electron chi connectivity index (χ0n) is 16.4. The molecule has 1 amide bonds. The summed E-state index contributed by atoms with van der Waals surface area (Å²) in [7, 11) is 0. The molecule has 4 heteroatoms. The number of carbonyl (C=O) groups excluding carboxylic acids is 1. The van der Waals surface area contributed by atoms with Crippen molar-refractivity contribution >= 4 is 11.6 Å². The fraction of sp³-hybridized carbons (Fsp3) is 0.250. The van der Waals surface area contributed by atoms with Gasteiger partial charge in [0.15, 0.2) is 0 Å². The number of hydrogen-bond acceptors (Lipinski definition) is 3. The zero-order chi connectivity index (χ0) is 19.5. The van der Waals surface area contributed by atoms with Crippen molar-refractivity contribution in [3.8, 4) is 11.3 Å². The van der Waals surface area contributed by atoms with Crippen LogP contribution in [0.15, 0.2) is 60.7 Å². The van der Waals surface area contributed by atoms with Crippen molar-refractivity contribution in [1.82, 2.24) is 10.3 Å². The second-order valence-electron chi connectivity index (χ2n) is 7.37. The largest absolute Gasteiger partial charge is 0.369 e. The molecule has 0 atom stereocenters. The van der Waals surface area contributed by atoms with Crippen LogP contribution in [0.4, 0.5) is 5.69 Å². The molecule has 3 aromatic rings. The van der Waals surface area contributed by atoms with E-state index >= 15 is 0 Å². The Kier molecular flexibility index (Phi) is 5.11. The van der Waals surface area contributed by atoms with Crippen LogP contribution in [0.1, 0.15) is 27.2 Å². The summed E-state index contributed by atoms with van der Waals surface area (Å²) < 4.78 is 0. The van der Waals surface area contributed by atoms with E-state index in [2.05, 4.69) is 58.5 Å². The normalized spacial score (nSPS) is 12.7. The van der Waals surface area contributed by atoms with E-state index in [1.807, 2.05) is 31.2 Å². The predicted molar refractivity (Wildman–Crippen MR) is 114 cm³/mol. The molecule has 2 aromatic carbocycles. The van der Waals surface area contributed by atoms with Crippen molar-refractivity contribution in [1.29, 1.82) is 0 Å². The number of benzene rings is 2. The lowest BCUT2D eigenvalue weighted by Gasteiger charge is -2.19. The Labute approximate surface area is 166 Å². The summed E-state index contributed by atoms with van der Waals surface area (Å²) in [5, 5.41) is 3.06. The molecule has 1 N–H and O–H groups in total. The molecule has 0 radical (unpaired) electrons. The molecule has 1 aromatic heterocycles. The van der Waals surface area contributed by atoms with Crippen LogP contribution in [0, 0.1) is 13.8 Å². The molecule has 0 aliphatic carbocycles.